The van der Waals surface area contributed by atoms with E-state index in [4.69, 9.17) is 0 Å². The predicted octanol–water partition coefficient (Wildman–Crippen LogP) is 1.33. The van der Waals surface area contributed by atoms with E-state index in [0.29, 0.717) is 5.56 Å². The summed E-state index contributed by atoms with van der Waals surface area (Å²) in [5.41, 5.74) is 0.357. The summed E-state index contributed by atoms with van der Waals surface area (Å²) < 4.78 is 4.67. The fourth-order valence-corrected chi connectivity index (χ4v) is 0.884. The van der Waals surface area contributed by atoms with E-state index in [2.05, 4.69) is 4.74 Å². The molecule has 0 spiro atoms. The van der Waals surface area contributed by atoms with Gasteiger partial charge in [-0.2, -0.15) is 0 Å². The zero-order valence-corrected chi connectivity index (χ0v) is 7.37. The average molecular weight is 182 g/mol. The van der Waals surface area contributed by atoms with Gasteiger partial charge in [-0.15, -0.1) is 0 Å². The Morgan fingerprint density at radius 3 is 2.15 bits per heavy atom. The van der Waals surface area contributed by atoms with Gasteiger partial charge in [0.2, 0.25) is 0 Å². The first-order valence-corrected chi connectivity index (χ1v) is 3.71. The minimum atomic E-state index is -0.498. The van der Waals surface area contributed by atoms with Crippen LogP contribution in [-0.4, -0.2) is 16.2 Å². The molecule has 0 saturated heterocycles. The Hall–Kier alpha value is -1.71. The Morgan fingerprint density at radius 1 is 1.31 bits per heavy atom. The Balaban J connectivity index is 3.06. The van der Waals surface area contributed by atoms with Gasteiger partial charge in [0.25, 0.3) is 0 Å². The summed E-state index contributed by atoms with van der Waals surface area (Å²) in [4.78, 5) is 10.5. The molecule has 0 atom stereocenters. The van der Waals surface area contributed by atoms with Crippen LogP contribution in [0.15, 0.2) is 12.1 Å². The van der Waals surface area contributed by atoms with Crippen molar-refractivity contribution in [2.24, 2.45) is 0 Å². The number of phenolic OH excluding ortho intramolecular Hbond substituents is 2. The number of carbonyl (C=O) groups excluding carboxylic acids is 1. The summed E-state index contributed by atoms with van der Waals surface area (Å²) in [7, 11) is 0. The van der Waals surface area contributed by atoms with Crippen LogP contribution in [0, 0.1) is 6.92 Å². The second-order valence-electron chi connectivity index (χ2n) is 2.68. The molecule has 70 valence electrons. The molecule has 1 rings (SSSR count). The van der Waals surface area contributed by atoms with Crippen molar-refractivity contribution < 1.29 is 19.7 Å². The SMILES string of the molecule is CC(=O)Oc1cc(O)c(C)c(O)c1. The van der Waals surface area contributed by atoms with Crippen molar-refractivity contribution in [2.45, 2.75) is 13.8 Å². The van der Waals surface area contributed by atoms with E-state index in [-0.39, 0.29) is 17.2 Å². The van der Waals surface area contributed by atoms with Crippen LogP contribution in [-0.2, 0) is 4.79 Å². The molecule has 1 aromatic carbocycles. The van der Waals surface area contributed by atoms with Crippen LogP contribution in [0.2, 0.25) is 0 Å². The monoisotopic (exact) mass is 182 g/mol. The van der Waals surface area contributed by atoms with Crippen LogP contribution in [0.5, 0.6) is 17.2 Å². The number of hydrogen-bond donors (Lipinski definition) is 2. The lowest BCUT2D eigenvalue weighted by Gasteiger charge is -2.05. The molecule has 1 aromatic rings. The van der Waals surface area contributed by atoms with Crippen LogP contribution >= 0.6 is 0 Å². The van der Waals surface area contributed by atoms with Gasteiger partial charge in [0.1, 0.15) is 17.2 Å². The van der Waals surface area contributed by atoms with Crippen molar-refractivity contribution in [3.63, 3.8) is 0 Å². The van der Waals surface area contributed by atoms with Crippen LogP contribution in [0.3, 0.4) is 0 Å². The molecule has 0 aliphatic carbocycles. The van der Waals surface area contributed by atoms with Gasteiger partial charge >= 0.3 is 5.97 Å². The van der Waals surface area contributed by atoms with E-state index in [1.165, 1.54) is 19.1 Å². The minimum absolute atomic E-state index is 0.101. The van der Waals surface area contributed by atoms with Crippen LogP contribution in [0.1, 0.15) is 12.5 Å². The van der Waals surface area contributed by atoms with Crippen LogP contribution in [0.25, 0.3) is 0 Å². The quantitative estimate of drug-likeness (QED) is 0.508. The van der Waals surface area contributed by atoms with Gasteiger partial charge in [-0.1, -0.05) is 0 Å². The second kappa shape index (κ2) is 3.35. The highest BCUT2D eigenvalue weighted by molar-refractivity contribution is 5.70. The molecule has 0 heterocycles. The summed E-state index contributed by atoms with van der Waals surface area (Å²) in [6.45, 7) is 2.80. The first-order chi connectivity index (χ1) is 6.00. The minimum Gasteiger partial charge on any atom is -0.507 e. The molecule has 4 heteroatoms. The third kappa shape index (κ3) is 2.11. The van der Waals surface area contributed by atoms with Crippen LogP contribution < -0.4 is 4.74 Å². The van der Waals surface area contributed by atoms with E-state index >= 15 is 0 Å². The molecule has 0 unspecified atom stereocenters. The Bertz CT molecular complexity index is 320. The van der Waals surface area contributed by atoms with Crippen molar-refractivity contribution in [3.8, 4) is 17.2 Å². The van der Waals surface area contributed by atoms with Gasteiger partial charge < -0.3 is 14.9 Å². The first kappa shape index (κ1) is 9.38. The summed E-state index contributed by atoms with van der Waals surface area (Å²) in [5.74, 6) is -0.566. The molecule has 0 radical (unpaired) electrons. The van der Waals surface area contributed by atoms with Crippen molar-refractivity contribution in [1.29, 1.82) is 0 Å². The van der Waals surface area contributed by atoms with Crippen molar-refractivity contribution in [2.75, 3.05) is 0 Å². The molecular weight excluding hydrogens is 172 g/mol. The predicted molar refractivity (Wildman–Crippen MR) is 45.8 cm³/mol. The first-order valence-electron chi connectivity index (χ1n) is 3.71. The smallest absolute Gasteiger partial charge is 0.308 e. The number of rotatable bonds is 1. The van der Waals surface area contributed by atoms with Gasteiger partial charge in [0, 0.05) is 24.6 Å². The molecule has 0 aromatic heterocycles. The summed E-state index contributed by atoms with van der Waals surface area (Å²) in [5, 5.41) is 18.5. The largest absolute Gasteiger partial charge is 0.507 e. The molecule has 0 bridgehead atoms. The van der Waals surface area contributed by atoms with Gasteiger partial charge in [0.15, 0.2) is 0 Å². The van der Waals surface area contributed by atoms with Gasteiger partial charge in [-0.05, 0) is 6.92 Å². The molecule has 0 saturated carbocycles. The lowest BCUT2D eigenvalue weighted by atomic mass is 10.2. The Labute approximate surface area is 75.4 Å². The third-order valence-corrected chi connectivity index (χ3v) is 1.59. The fraction of sp³-hybridized carbons (Fsp3) is 0.222. The summed E-state index contributed by atoms with van der Waals surface area (Å²) in [6.07, 6.45) is 0. The van der Waals surface area contributed by atoms with Crippen molar-refractivity contribution in [3.05, 3.63) is 17.7 Å². The number of aromatic hydroxyl groups is 2. The molecular formula is C9H10O4. The number of carbonyl (C=O) groups is 1. The van der Waals surface area contributed by atoms with Crippen LogP contribution in [0.4, 0.5) is 0 Å². The maximum Gasteiger partial charge on any atom is 0.308 e. The lowest BCUT2D eigenvalue weighted by Crippen LogP contribution is -2.01. The van der Waals surface area contributed by atoms with Gasteiger partial charge in [0.05, 0.1) is 0 Å². The zero-order chi connectivity index (χ0) is 10.0. The lowest BCUT2D eigenvalue weighted by molar-refractivity contribution is -0.131. The Morgan fingerprint density at radius 2 is 1.77 bits per heavy atom. The van der Waals surface area contributed by atoms with E-state index in [1.807, 2.05) is 0 Å². The zero-order valence-electron chi connectivity index (χ0n) is 7.37. The van der Waals surface area contributed by atoms with E-state index in [1.54, 1.807) is 6.92 Å². The standard InChI is InChI=1S/C9H10O4/c1-5-8(11)3-7(4-9(5)12)13-6(2)10/h3-4,11-12H,1-2H3. The number of hydrogen-bond acceptors (Lipinski definition) is 4. The maximum atomic E-state index is 10.5. The normalized spacial score (nSPS) is 9.69. The molecule has 4 nitrogen and oxygen atoms in total. The van der Waals surface area contributed by atoms with E-state index < -0.39 is 5.97 Å². The highest BCUT2D eigenvalue weighted by Gasteiger charge is 2.07. The third-order valence-electron chi connectivity index (χ3n) is 1.59. The highest BCUT2D eigenvalue weighted by atomic mass is 16.5. The maximum absolute atomic E-state index is 10.5. The molecule has 2 N–H and O–H groups in total. The average Bonchev–Trinajstić information content (AvgIpc) is 1.98. The molecule has 0 amide bonds. The number of phenols is 2. The highest BCUT2D eigenvalue weighted by Crippen LogP contribution is 2.31. The number of benzene rings is 1. The topological polar surface area (TPSA) is 66.8 Å². The second-order valence-corrected chi connectivity index (χ2v) is 2.68. The molecule has 0 aliphatic heterocycles. The van der Waals surface area contributed by atoms with Crippen molar-refractivity contribution >= 4 is 5.97 Å². The van der Waals surface area contributed by atoms with Gasteiger partial charge in [-0.3, -0.25) is 4.79 Å². The Kier molecular flexibility index (Phi) is 2.41. The fourth-order valence-electron chi connectivity index (χ4n) is 0.884. The van der Waals surface area contributed by atoms with Crippen molar-refractivity contribution in [1.82, 2.24) is 0 Å². The summed E-state index contributed by atoms with van der Waals surface area (Å²) in [6, 6.07) is 2.55. The molecule has 0 fully saturated rings. The molecule has 0 aliphatic rings. The number of ether oxygens (including phenoxy) is 1. The molecule has 13 heavy (non-hydrogen) atoms. The van der Waals surface area contributed by atoms with Gasteiger partial charge in [-0.25, -0.2) is 0 Å². The van der Waals surface area contributed by atoms with E-state index in [9.17, 15) is 15.0 Å². The summed E-state index contributed by atoms with van der Waals surface area (Å²) >= 11 is 0. The number of esters is 1. The van der Waals surface area contributed by atoms with E-state index in [0.717, 1.165) is 0 Å².